The summed E-state index contributed by atoms with van der Waals surface area (Å²) in [5.41, 5.74) is 7.53. The zero-order valence-electron chi connectivity index (χ0n) is 8.41. The molecule has 2 rings (SSSR count). The second-order valence-electron chi connectivity index (χ2n) is 3.22. The van der Waals surface area contributed by atoms with Gasteiger partial charge in [-0.3, -0.25) is 4.98 Å². The summed E-state index contributed by atoms with van der Waals surface area (Å²) in [7, 11) is 0. The number of anilines is 1. The van der Waals surface area contributed by atoms with E-state index in [-0.39, 0.29) is 0 Å². The van der Waals surface area contributed by atoms with E-state index in [1.807, 2.05) is 13.0 Å². The van der Waals surface area contributed by atoms with Crippen molar-refractivity contribution in [2.45, 2.75) is 6.92 Å². The Labute approximate surface area is 115 Å². The lowest BCUT2D eigenvalue weighted by molar-refractivity contribution is 1.09. The van der Waals surface area contributed by atoms with Gasteiger partial charge in [0.05, 0.1) is 9.26 Å². The molecule has 0 bridgehead atoms. The molecule has 0 aliphatic rings. The van der Waals surface area contributed by atoms with Crippen LogP contribution in [-0.4, -0.2) is 15.0 Å². The average Bonchev–Trinajstić information content (AvgIpc) is 2.25. The van der Waals surface area contributed by atoms with E-state index in [0.29, 0.717) is 11.6 Å². The van der Waals surface area contributed by atoms with E-state index in [1.165, 1.54) is 0 Å². The van der Waals surface area contributed by atoms with Gasteiger partial charge >= 0.3 is 0 Å². The molecule has 0 saturated heterocycles. The normalized spacial score (nSPS) is 10.4. The molecule has 2 aromatic rings. The second kappa shape index (κ2) is 4.62. The molecule has 0 saturated carbocycles. The van der Waals surface area contributed by atoms with E-state index in [0.717, 1.165) is 19.3 Å². The van der Waals surface area contributed by atoms with Crippen LogP contribution in [0.2, 0.25) is 0 Å². The first-order valence-electron chi connectivity index (χ1n) is 4.48. The topological polar surface area (TPSA) is 64.7 Å². The third kappa shape index (κ3) is 2.32. The SMILES string of the molecule is Cc1nc(-c2cncc(Br)c2)nc(N)c1I. The highest BCUT2D eigenvalue weighted by Gasteiger charge is 2.08. The molecular weight excluding hydrogens is 383 g/mol. The monoisotopic (exact) mass is 390 g/mol. The quantitative estimate of drug-likeness (QED) is 0.760. The van der Waals surface area contributed by atoms with Crippen LogP contribution in [0.25, 0.3) is 11.4 Å². The summed E-state index contributed by atoms with van der Waals surface area (Å²) in [5.74, 6) is 1.10. The van der Waals surface area contributed by atoms with Gasteiger partial charge in [-0.2, -0.15) is 0 Å². The summed E-state index contributed by atoms with van der Waals surface area (Å²) < 4.78 is 1.78. The van der Waals surface area contributed by atoms with Gasteiger partial charge in [-0.1, -0.05) is 0 Å². The third-order valence-corrected chi connectivity index (χ3v) is 3.77. The first-order valence-corrected chi connectivity index (χ1v) is 6.35. The predicted octanol–water partition coefficient (Wildman–Crippen LogP) is 2.80. The maximum Gasteiger partial charge on any atom is 0.163 e. The Bertz CT molecular complexity index is 521. The molecule has 0 fully saturated rings. The molecule has 2 heterocycles. The van der Waals surface area contributed by atoms with Gasteiger partial charge in [-0.15, -0.1) is 0 Å². The van der Waals surface area contributed by atoms with Crippen LogP contribution in [0.3, 0.4) is 0 Å². The maximum absolute atomic E-state index is 5.81. The molecule has 6 heteroatoms. The van der Waals surface area contributed by atoms with Crippen LogP contribution >= 0.6 is 38.5 Å². The van der Waals surface area contributed by atoms with Gasteiger partial charge in [0.15, 0.2) is 5.82 Å². The molecule has 2 aromatic heterocycles. The van der Waals surface area contributed by atoms with Crippen molar-refractivity contribution in [2.24, 2.45) is 0 Å². The lowest BCUT2D eigenvalue weighted by atomic mass is 10.2. The highest BCUT2D eigenvalue weighted by molar-refractivity contribution is 14.1. The van der Waals surface area contributed by atoms with E-state index in [2.05, 4.69) is 53.5 Å². The second-order valence-corrected chi connectivity index (χ2v) is 5.22. The minimum atomic E-state index is 0.503. The number of hydrogen-bond acceptors (Lipinski definition) is 4. The van der Waals surface area contributed by atoms with E-state index in [9.17, 15) is 0 Å². The summed E-state index contributed by atoms with van der Waals surface area (Å²) in [6, 6.07) is 1.91. The molecule has 0 unspecified atom stereocenters. The molecule has 0 amide bonds. The van der Waals surface area contributed by atoms with Crippen molar-refractivity contribution in [3.63, 3.8) is 0 Å². The van der Waals surface area contributed by atoms with Crippen molar-refractivity contribution < 1.29 is 0 Å². The van der Waals surface area contributed by atoms with Crippen LogP contribution in [0, 0.1) is 10.5 Å². The van der Waals surface area contributed by atoms with Crippen LogP contribution in [0.15, 0.2) is 22.9 Å². The minimum Gasteiger partial charge on any atom is -0.383 e. The Morgan fingerprint density at radius 1 is 1.31 bits per heavy atom. The number of nitrogen functional groups attached to an aromatic ring is 1. The van der Waals surface area contributed by atoms with Gasteiger partial charge in [-0.25, -0.2) is 9.97 Å². The van der Waals surface area contributed by atoms with Crippen LogP contribution < -0.4 is 5.73 Å². The Hall–Kier alpha value is -0.760. The average molecular weight is 391 g/mol. The van der Waals surface area contributed by atoms with Gasteiger partial charge in [-0.05, 0) is 51.5 Å². The van der Waals surface area contributed by atoms with Crippen molar-refractivity contribution in [3.8, 4) is 11.4 Å². The maximum atomic E-state index is 5.81. The third-order valence-electron chi connectivity index (χ3n) is 2.01. The van der Waals surface area contributed by atoms with Crippen molar-refractivity contribution in [3.05, 3.63) is 32.2 Å². The number of aryl methyl sites for hydroxylation is 1. The molecule has 4 nitrogen and oxygen atoms in total. The smallest absolute Gasteiger partial charge is 0.163 e. The van der Waals surface area contributed by atoms with Crippen molar-refractivity contribution in [1.29, 1.82) is 0 Å². The van der Waals surface area contributed by atoms with E-state index in [1.54, 1.807) is 12.4 Å². The number of pyridine rings is 1. The Kier molecular flexibility index (Phi) is 3.38. The number of aromatic nitrogens is 3. The molecule has 0 aliphatic heterocycles. The van der Waals surface area contributed by atoms with Gasteiger partial charge < -0.3 is 5.73 Å². The van der Waals surface area contributed by atoms with Crippen molar-refractivity contribution in [1.82, 2.24) is 15.0 Å². The fraction of sp³-hybridized carbons (Fsp3) is 0.100. The number of nitrogens with two attached hydrogens (primary N) is 1. The molecule has 0 aliphatic carbocycles. The van der Waals surface area contributed by atoms with E-state index >= 15 is 0 Å². The van der Waals surface area contributed by atoms with Crippen molar-refractivity contribution >= 4 is 44.3 Å². The summed E-state index contributed by atoms with van der Waals surface area (Å²) in [6.07, 6.45) is 3.43. The molecule has 0 aromatic carbocycles. The van der Waals surface area contributed by atoms with Crippen molar-refractivity contribution in [2.75, 3.05) is 5.73 Å². The summed E-state index contributed by atoms with van der Waals surface area (Å²) >= 11 is 5.50. The Balaban J connectivity index is 2.57. The first kappa shape index (κ1) is 11.7. The Morgan fingerprint density at radius 3 is 2.69 bits per heavy atom. The predicted molar refractivity (Wildman–Crippen MR) is 74.8 cm³/mol. The number of hydrogen-bond donors (Lipinski definition) is 1. The lowest BCUT2D eigenvalue weighted by Gasteiger charge is -2.05. The molecule has 2 N–H and O–H groups in total. The lowest BCUT2D eigenvalue weighted by Crippen LogP contribution is -2.02. The zero-order valence-corrected chi connectivity index (χ0v) is 12.2. The summed E-state index contributed by atoms with van der Waals surface area (Å²) in [5, 5.41) is 0. The van der Waals surface area contributed by atoms with Gasteiger partial charge in [0.1, 0.15) is 5.82 Å². The molecule has 0 atom stereocenters. The van der Waals surface area contributed by atoms with Crippen LogP contribution in [0.4, 0.5) is 5.82 Å². The van der Waals surface area contributed by atoms with Crippen LogP contribution in [0.5, 0.6) is 0 Å². The highest BCUT2D eigenvalue weighted by atomic mass is 127. The first-order chi connectivity index (χ1) is 7.58. The standard InChI is InChI=1S/C10H8BrIN4/c1-5-8(12)9(13)16-10(15-5)6-2-7(11)4-14-3-6/h2-4H,1H3,(H2,13,15,16). The van der Waals surface area contributed by atoms with E-state index in [4.69, 9.17) is 5.73 Å². The summed E-state index contributed by atoms with van der Waals surface area (Å²) in [6.45, 7) is 1.91. The minimum absolute atomic E-state index is 0.503. The number of halogens is 2. The molecular formula is C10H8BrIN4. The summed E-state index contributed by atoms with van der Waals surface area (Å²) in [4.78, 5) is 12.7. The molecule has 82 valence electrons. The van der Waals surface area contributed by atoms with Crippen LogP contribution in [-0.2, 0) is 0 Å². The van der Waals surface area contributed by atoms with Gasteiger partial charge in [0, 0.05) is 22.4 Å². The zero-order chi connectivity index (χ0) is 11.7. The fourth-order valence-corrected chi connectivity index (χ4v) is 1.85. The molecule has 0 spiro atoms. The molecule has 16 heavy (non-hydrogen) atoms. The Morgan fingerprint density at radius 2 is 2.06 bits per heavy atom. The van der Waals surface area contributed by atoms with Gasteiger partial charge in [0.25, 0.3) is 0 Å². The number of nitrogens with zero attached hydrogens (tertiary/aromatic N) is 3. The fourth-order valence-electron chi connectivity index (χ4n) is 1.24. The number of rotatable bonds is 1. The van der Waals surface area contributed by atoms with Gasteiger partial charge in [0.2, 0.25) is 0 Å². The van der Waals surface area contributed by atoms with Crippen LogP contribution in [0.1, 0.15) is 5.69 Å². The highest BCUT2D eigenvalue weighted by Crippen LogP contribution is 2.22. The van der Waals surface area contributed by atoms with E-state index < -0.39 is 0 Å². The molecule has 0 radical (unpaired) electrons. The largest absolute Gasteiger partial charge is 0.383 e.